The van der Waals surface area contributed by atoms with E-state index in [2.05, 4.69) is 0 Å². The van der Waals surface area contributed by atoms with Gasteiger partial charge in [0.2, 0.25) is 0 Å². The number of hydrogen-bond donors (Lipinski definition) is 1. The number of rotatable bonds is 3. The van der Waals surface area contributed by atoms with Gasteiger partial charge in [0.15, 0.2) is 9.84 Å². The summed E-state index contributed by atoms with van der Waals surface area (Å²) in [5.74, 6) is 0.184. The highest BCUT2D eigenvalue weighted by molar-refractivity contribution is 7.91. The number of sulfone groups is 1. The van der Waals surface area contributed by atoms with Crippen LogP contribution in [0.4, 0.5) is 0 Å². The van der Waals surface area contributed by atoms with Gasteiger partial charge in [0, 0.05) is 10.9 Å². The van der Waals surface area contributed by atoms with Crippen LogP contribution in [0.25, 0.3) is 0 Å². The first-order valence-electron chi connectivity index (χ1n) is 5.27. The number of halogens is 1. The summed E-state index contributed by atoms with van der Waals surface area (Å²) < 4.78 is 23.8. The van der Waals surface area contributed by atoms with Gasteiger partial charge in [0.1, 0.15) is 0 Å². The summed E-state index contributed by atoms with van der Waals surface area (Å²) in [6, 6.07) is 5.07. The number of fused-ring (bicyclic) bond motifs is 1. The predicted octanol–water partition coefficient (Wildman–Crippen LogP) is 1.95. The van der Waals surface area contributed by atoms with E-state index < -0.39 is 9.84 Å². The van der Waals surface area contributed by atoms with Crippen molar-refractivity contribution in [2.24, 2.45) is 5.73 Å². The van der Waals surface area contributed by atoms with Crippen molar-refractivity contribution in [2.75, 3.05) is 12.3 Å². The van der Waals surface area contributed by atoms with Crippen LogP contribution in [0.2, 0.25) is 5.02 Å². The third-order valence-electron chi connectivity index (χ3n) is 2.93. The molecule has 1 aliphatic heterocycles. The van der Waals surface area contributed by atoms with Gasteiger partial charge in [0.25, 0.3) is 0 Å². The minimum atomic E-state index is -3.13. The molecule has 0 bridgehead atoms. The smallest absolute Gasteiger partial charge is 0.179 e. The molecule has 1 unspecified atom stereocenters. The van der Waals surface area contributed by atoms with Gasteiger partial charge in [-0.2, -0.15) is 0 Å². The van der Waals surface area contributed by atoms with E-state index in [-0.39, 0.29) is 11.7 Å². The van der Waals surface area contributed by atoms with E-state index in [0.717, 1.165) is 18.4 Å². The SMILES string of the molecule is NCCCC1CS(=O)(=O)c2cccc(Cl)c21. The third kappa shape index (κ3) is 1.97. The van der Waals surface area contributed by atoms with Crippen molar-refractivity contribution in [2.45, 2.75) is 23.7 Å². The lowest BCUT2D eigenvalue weighted by atomic mass is 9.96. The molecule has 0 amide bonds. The topological polar surface area (TPSA) is 60.2 Å². The summed E-state index contributed by atoms with van der Waals surface area (Å²) in [5, 5.41) is 0.556. The first kappa shape index (κ1) is 11.9. The van der Waals surface area contributed by atoms with Crippen molar-refractivity contribution in [1.82, 2.24) is 0 Å². The maximum absolute atomic E-state index is 11.9. The second kappa shape index (κ2) is 4.35. The Bertz CT molecular complexity index is 499. The zero-order chi connectivity index (χ0) is 11.8. The van der Waals surface area contributed by atoms with Crippen molar-refractivity contribution in [1.29, 1.82) is 0 Å². The van der Waals surface area contributed by atoms with Crippen LogP contribution in [0.5, 0.6) is 0 Å². The van der Waals surface area contributed by atoms with Crippen molar-refractivity contribution in [3.05, 3.63) is 28.8 Å². The fourth-order valence-corrected chi connectivity index (χ4v) is 4.54. The van der Waals surface area contributed by atoms with Crippen LogP contribution in [0.15, 0.2) is 23.1 Å². The molecule has 16 heavy (non-hydrogen) atoms. The van der Waals surface area contributed by atoms with Gasteiger partial charge in [0.05, 0.1) is 10.6 Å². The molecule has 88 valence electrons. The molecule has 0 aromatic heterocycles. The molecule has 0 saturated carbocycles. The Kier molecular flexibility index (Phi) is 3.24. The lowest BCUT2D eigenvalue weighted by molar-refractivity contribution is 0.591. The van der Waals surface area contributed by atoms with Gasteiger partial charge >= 0.3 is 0 Å². The molecule has 0 radical (unpaired) electrons. The number of hydrogen-bond acceptors (Lipinski definition) is 3. The highest BCUT2D eigenvalue weighted by atomic mass is 35.5. The maximum atomic E-state index is 11.9. The molecule has 1 aromatic rings. The summed E-state index contributed by atoms with van der Waals surface area (Å²) >= 11 is 6.07. The van der Waals surface area contributed by atoms with E-state index in [4.69, 9.17) is 17.3 Å². The fraction of sp³-hybridized carbons (Fsp3) is 0.455. The van der Waals surface area contributed by atoms with E-state index in [9.17, 15) is 8.42 Å². The molecule has 3 nitrogen and oxygen atoms in total. The lowest BCUT2D eigenvalue weighted by Crippen LogP contribution is -2.06. The van der Waals surface area contributed by atoms with Gasteiger partial charge in [-0.15, -0.1) is 0 Å². The predicted molar refractivity (Wildman–Crippen MR) is 64.5 cm³/mol. The molecular weight excluding hydrogens is 246 g/mol. The Hall–Kier alpha value is -0.580. The molecule has 5 heteroatoms. The zero-order valence-electron chi connectivity index (χ0n) is 8.82. The quantitative estimate of drug-likeness (QED) is 0.903. The van der Waals surface area contributed by atoms with Crippen LogP contribution in [-0.4, -0.2) is 20.7 Å². The Balaban J connectivity index is 2.44. The van der Waals surface area contributed by atoms with Crippen LogP contribution >= 0.6 is 11.6 Å². The second-order valence-corrected chi connectivity index (χ2v) is 6.47. The molecule has 0 saturated heterocycles. The van der Waals surface area contributed by atoms with Gasteiger partial charge in [-0.25, -0.2) is 8.42 Å². The summed E-state index contributed by atoms with van der Waals surface area (Å²) in [6.07, 6.45) is 1.61. The fourth-order valence-electron chi connectivity index (χ4n) is 2.21. The molecule has 2 rings (SSSR count). The van der Waals surface area contributed by atoms with E-state index in [1.54, 1.807) is 18.2 Å². The van der Waals surface area contributed by atoms with E-state index in [1.807, 2.05) is 0 Å². The maximum Gasteiger partial charge on any atom is 0.179 e. The Morgan fingerprint density at radius 3 is 2.88 bits per heavy atom. The summed E-state index contributed by atoms with van der Waals surface area (Å²) in [7, 11) is -3.13. The summed E-state index contributed by atoms with van der Waals surface area (Å²) in [5.41, 5.74) is 6.24. The Morgan fingerprint density at radius 2 is 2.19 bits per heavy atom. The normalized spacial score (nSPS) is 22.0. The van der Waals surface area contributed by atoms with Crippen molar-refractivity contribution in [3.63, 3.8) is 0 Å². The molecule has 0 aliphatic carbocycles. The molecule has 0 fully saturated rings. The van der Waals surface area contributed by atoms with Gasteiger partial charge in [-0.3, -0.25) is 0 Å². The third-order valence-corrected chi connectivity index (χ3v) is 5.13. The zero-order valence-corrected chi connectivity index (χ0v) is 10.4. The second-order valence-electron chi connectivity index (χ2n) is 4.06. The average Bonchev–Trinajstić information content (AvgIpc) is 2.49. The summed E-state index contributed by atoms with van der Waals surface area (Å²) in [6.45, 7) is 0.580. The van der Waals surface area contributed by atoms with E-state index in [1.165, 1.54) is 0 Å². The van der Waals surface area contributed by atoms with Crippen LogP contribution < -0.4 is 5.73 Å². The van der Waals surface area contributed by atoms with Gasteiger partial charge in [-0.05, 0) is 37.1 Å². The van der Waals surface area contributed by atoms with Crippen molar-refractivity contribution >= 4 is 21.4 Å². The molecule has 1 aliphatic rings. The highest BCUT2D eigenvalue weighted by Crippen LogP contribution is 2.41. The molecular formula is C11H14ClNO2S. The average molecular weight is 260 g/mol. The van der Waals surface area contributed by atoms with Gasteiger partial charge < -0.3 is 5.73 Å². The monoisotopic (exact) mass is 259 g/mol. The van der Waals surface area contributed by atoms with E-state index >= 15 is 0 Å². The van der Waals surface area contributed by atoms with Crippen LogP contribution in [0, 0.1) is 0 Å². The molecule has 1 atom stereocenters. The van der Waals surface area contributed by atoms with Crippen LogP contribution in [0.3, 0.4) is 0 Å². The molecule has 2 N–H and O–H groups in total. The molecule has 1 heterocycles. The van der Waals surface area contributed by atoms with E-state index in [0.29, 0.717) is 16.5 Å². The van der Waals surface area contributed by atoms with Crippen LogP contribution in [-0.2, 0) is 9.84 Å². The number of nitrogens with two attached hydrogens (primary N) is 1. The first-order valence-corrected chi connectivity index (χ1v) is 7.30. The Morgan fingerprint density at radius 1 is 1.44 bits per heavy atom. The van der Waals surface area contributed by atoms with Crippen LogP contribution in [0.1, 0.15) is 24.3 Å². The lowest BCUT2D eigenvalue weighted by Gasteiger charge is -2.10. The highest BCUT2D eigenvalue weighted by Gasteiger charge is 2.35. The minimum absolute atomic E-state index is 0.0113. The minimum Gasteiger partial charge on any atom is -0.330 e. The van der Waals surface area contributed by atoms with Gasteiger partial charge in [-0.1, -0.05) is 17.7 Å². The molecule has 0 spiro atoms. The summed E-state index contributed by atoms with van der Waals surface area (Å²) in [4.78, 5) is 0.405. The van der Waals surface area contributed by atoms with Crippen molar-refractivity contribution in [3.8, 4) is 0 Å². The standard InChI is InChI=1S/C11H14ClNO2S/c12-9-4-1-5-10-11(9)8(3-2-6-13)7-16(10,14)15/h1,4-5,8H,2-3,6-7,13H2. The number of benzene rings is 1. The van der Waals surface area contributed by atoms with Crippen molar-refractivity contribution < 1.29 is 8.42 Å². The largest absolute Gasteiger partial charge is 0.330 e. The first-order chi connectivity index (χ1) is 7.56. The Labute approximate surface area is 101 Å². The molecule has 1 aromatic carbocycles.